The highest BCUT2D eigenvalue weighted by Gasteiger charge is 2.15. The zero-order valence-electron chi connectivity index (χ0n) is 15.5. The molecule has 0 spiro atoms. The Morgan fingerprint density at radius 2 is 1.52 bits per heavy atom. The van der Waals surface area contributed by atoms with Crippen LogP contribution in [-0.4, -0.2) is 37.0 Å². The van der Waals surface area contributed by atoms with Crippen LogP contribution in [0.4, 0.5) is 16.2 Å². The zero-order valence-corrected chi connectivity index (χ0v) is 15.5. The number of nitrogens with one attached hydrogen (secondary N) is 2. The fraction of sp³-hybridized carbons (Fsp3) is 0.333. The Morgan fingerprint density at radius 3 is 2.15 bits per heavy atom. The van der Waals surface area contributed by atoms with Gasteiger partial charge in [0.1, 0.15) is 5.75 Å². The number of ether oxygens (including phenoxy) is 1. The van der Waals surface area contributed by atoms with Gasteiger partial charge in [0, 0.05) is 30.0 Å². The van der Waals surface area contributed by atoms with Gasteiger partial charge in [0.15, 0.2) is 0 Å². The van der Waals surface area contributed by atoms with E-state index in [0.717, 1.165) is 25.9 Å². The molecular weight excluding hydrogens is 342 g/mol. The second kappa shape index (κ2) is 9.07. The van der Waals surface area contributed by atoms with Crippen molar-refractivity contribution in [3.05, 3.63) is 54.1 Å². The highest BCUT2D eigenvalue weighted by atomic mass is 16.5. The van der Waals surface area contributed by atoms with Gasteiger partial charge in [-0.1, -0.05) is 18.9 Å². The first-order valence-electron chi connectivity index (χ1n) is 9.27. The van der Waals surface area contributed by atoms with E-state index in [0.29, 0.717) is 22.7 Å². The molecule has 0 saturated carbocycles. The molecule has 1 aliphatic heterocycles. The van der Waals surface area contributed by atoms with Crippen LogP contribution in [0.2, 0.25) is 0 Å². The maximum Gasteiger partial charge on any atom is 0.321 e. The van der Waals surface area contributed by atoms with Crippen molar-refractivity contribution in [2.24, 2.45) is 0 Å². The second-order valence-corrected chi connectivity index (χ2v) is 6.59. The summed E-state index contributed by atoms with van der Waals surface area (Å²) >= 11 is 0. The molecule has 2 N–H and O–H groups in total. The molecule has 0 aliphatic carbocycles. The monoisotopic (exact) mass is 367 g/mol. The number of rotatable bonds is 4. The van der Waals surface area contributed by atoms with E-state index in [4.69, 9.17) is 4.74 Å². The molecule has 1 aliphatic rings. The van der Waals surface area contributed by atoms with Crippen LogP contribution >= 0.6 is 0 Å². The average Bonchev–Trinajstić information content (AvgIpc) is 2.99. The average molecular weight is 367 g/mol. The lowest BCUT2D eigenvalue weighted by Crippen LogP contribution is -2.35. The van der Waals surface area contributed by atoms with Gasteiger partial charge >= 0.3 is 6.03 Å². The minimum Gasteiger partial charge on any atom is -0.497 e. The van der Waals surface area contributed by atoms with E-state index in [2.05, 4.69) is 10.6 Å². The Kier molecular flexibility index (Phi) is 6.30. The van der Waals surface area contributed by atoms with Crippen LogP contribution in [0, 0.1) is 0 Å². The highest BCUT2D eigenvalue weighted by Crippen LogP contribution is 2.18. The first kappa shape index (κ1) is 18.8. The Bertz CT molecular complexity index is 782. The molecular formula is C21H25N3O3. The third kappa shape index (κ3) is 5.23. The van der Waals surface area contributed by atoms with Crippen LogP contribution in [0.1, 0.15) is 36.0 Å². The van der Waals surface area contributed by atoms with Gasteiger partial charge in [0.05, 0.1) is 7.11 Å². The van der Waals surface area contributed by atoms with Gasteiger partial charge in [-0.25, -0.2) is 4.79 Å². The number of urea groups is 1. The number of amides is 3. The second-order valence-electron chi connectivity index (χ2n) is 6.59. The van der Waals surface area contributed by atoms with Crippen LogP contribution in [0.3, 0.4) is 0 Å². The molecule has 1 fully saturated rings. The van der Waals surface area contributed by atoms with Gasteiger partial charge in [-0.3, -0.25) is 4.79 Å². The van der Waals surface area contributed by atoms with E-state index in [9.17, 15) is 9.59 Å². The SMILES string of the molecule is COc1cccc(C(=O)Nc2ccc(NC(=O)N3CCCCCC3)cc2)c1. The number of carbonyl (C=O) groups is 2. The summed E-state index contributed by atoms with van der Waals surface area (Å²) < 4.78 is 5.14. The third-order valence-electron chi connectivity index (χ3n) is 4.62. The molecule has 1 saturated heterocycles. The van der Waals surface area contributed by atoms with Crippen LogP contribution in [0.5, 0.6) is 5.75 Å². The lowest BCUT2D eigenvalue weighted by molar-refractivity contribution is 0.102. The largest absolute Gasteiger partial charge is 0.497 e. The lowest BCUT2D eigenvalue weighted by atomic mass is 10.2. The van der Waals surface area contributed by atoms with Crippen molar-refractivity contribution in [2.45, 2.75) is 25.7 Å². The summed E-state index contributed by atoms with van der Waals surface area (Å²) in [5.74, 6) is 0.421. The predicted molar refractivity (Wildman–Crippen MR) is 106 cm³/mol. The molecule has 3 amide bonds. The van der Waals surface area contributed by atoms with E-state index >= 15 is 0 Å². The number of hydrogen-bond donors (Lipinski definition) is 2. The fourth-order valence-electron chi connectivity index (χ4n) is 3.08. The molecule has 0 aromatic heterocycles. The van der Waals surface area contributed by atoms with Crippen LogP contribution in [0.25, 0.3) is 0 Å². The van der Waals surface area contributed by atoms with E-state index in [-0.39, 0.29) is 11.9 Å². The van der Waals surface area contributed by atoms with Gasteiger partial charge < -0.3 is 20.3 Å². The number of benzene rings is 2. The van der Waals surface area contributed by atoms with Gasteiger partial charge in [0.25, 0.3) is 5.91 Å². The topological polar surface area (TPSA) is 70.7 Å². The number of likely N-dealkylation sites (tertiary alicyclic amines) is 1. The van der Waals surface area contributed by atoms with Crippen molar-refractivity contribution in [3.8, 4) is 5.75 Å². The summed E-state index contributed by atoms with van der Waals surface area (Å²) in [7, 11) is 1.57. The molecule has 6 heteroatoms. The molecule has 0 bridgehead atoms. The van der Waals surface area contributed by atoms with Gasteiger partial charge in [-0.05, 0) is 55.3 Å². The highest BCUT2D eigenvalue weighted by molar-refractivity contribution is 6.04. The molecule has 2 aromatic carbocycles. The van der Waals surface area contributed by atoms with E-state index in [1.165, 1.54) is 12.8 Å². The Labute approximate surface area is 159 Å². The summed E-state index contributed by atoms with van der Waals surface area (Å²) in [5.41, 5.74) is 1.90. The van der Waals surface area contributed by atoms with E-state index in [1.54, 1.807) is 55.6 Å². The fourth-order valence-corrected chi connectivity index (χ4v) is 3.08. The summed E-state index contributed by atoms with van der Waals surface area (Å²) in [6.07, 6.45) is 4.49. The molecule has 3 rings (SSSR count). The molecule has 6 nitrogen and oxygen atoms in total. The number of carbonyl (C=O) groups excluding carboxylic acids is 2. The minimum absolute atomic E-state index is 0.0648. The summed E-state index contributed by atoms with van der Waals surface area (Å²) in [5, 5.41) is 5.77. The van der Waals surface area contributed by atoms with E-state index in [1.807, 2.05) is 4.90 Å². The Morgan fingerprint density at radius 1 is 0.889 bits per heavy atom. The van der Waals surface area contributed by atoms with Crippen LogP contribution in [0.15, 0.2) is 48.5 Å². The first-order valence-corrected chi connectivity index (χ1v) is 9.27. The van der Waals surface area contributed by atoms with Crippen molar-refractivity contribution in [2.75, 3.05) is 30.8 Å². The number of nitrogens with zero attached hydrogens (tertiary/aromatic N) is 1. The Balaban J connectivity index is 1.58. The number of methoxy groups -OCH3 is 1. The maximum absolute atomic E-state index is 12.4. The minimum atomic E-state index is -0.213. The lowest BCUT2D eigenvalue weighted by Gasteiger charge is -2.20. The van der Waals surface area contributed by atoms with E-state index < -0.39 is 0 Å². The molecule has 1 heterocycles. The Hall–Kier alpha value is -3.02. The molecule has 0 atom stereocenters. The predicted octanol–water partition coefficient (Wildman–Crippen LogP) is 4.36. The van der Waals surface area contributed by atoms with Crippen LogP contribution in [-0.2, 0) is 0 Å². The smallest absolute Gasteiger partial charge is 0.321 e. The van der Waals surface area contributed by atoms with Gasteiger partial charge in [-0.15, -0.1) is 0 Å². The molecule has 0 radical (unpaired) electrons. The third-order valence-corrected chi connectivity index (χ3v) is 4.62. The first-order chi connectivity index (χ1) is 13.2. The summed E-state index contributed by atoms with van der Waals surface area (Å²) in [4.78, 5) is 26.6. The van der Waals surface area contributed by atoms with Crippen molar-refractivity contribution < 1.29 is 14.3 Å². The van der Waals surface area contributed by atoms with Crippen LogP contribution < -0.4 is 15.4 Å². The summed E-state index contributed by atoms with van der Waals surface area (Å²) in [6.45, 7) is 1.61. The quantitative estimate of drug-likeness (QED) is 0.844. The summed E-state index contributed by atoms with van der Waals surface area (Å²) in [6, 6.07) is 14.0. The van der Waals surface area contributed by atoms with Crippen molar-refractivity contribution in [3.63, 3.8) is 0 Å². The number of anilines is 2. The van der Waals surface area contributed by atoms with Crippen molar-refractivity contribution in [1.82, 2.24) is 4.90 Å². The molecule has 27 heavy (non-hydrogen) atoms. The maximum atomic E-state index is 12.4. The standard InChI is InChI=1S/C21H25N3O3/c1-27-19-8-6-7-16(15-19)20(25)22-17-9-11-18(12-10-17)23-21(26)24-13-4-2-3-5-14-24/h6-12,15H,2-5,13-14H2,1H3,(H,22,25)(H,23,26). The van der Waals surface area contributed by atoms with Gasteiger partial charge in [0.2, 0.25) is 0 Å². The zero-order chi connectivity index (χ0) is 19.1. The normalized spacial score (nSPS) is 14.2. The molecule has 0 unspecified atom stereocenters. The van der Waals surface area contributed by atoms with Crippen molar-refractivity contribution >= 4 is 23.3 Å². The van der Waals surface area contributed by atoms with Crippen molar-refractivity contribution in [1.29, 1.82) is 0 Å². The van der Waals surface area contributed by atoms with Gasteiger partial charge in [-0.2, -0.15) is 0 Å². The number of hydrogen-bond acceptors (Lipinski definition) is 3. The molecule has 2 aromatic rings. The molecule has 142 valence electrons.